The van der Waals surface area contributed by atoms with E-state index in [1.54, 1.807) is 31.2 Å². The van der Waals surface area contributed by atoms with Gasteiger partial charge in [0.1, 0.15) is 0 Å². The summed E-state index contributed by atoms with van der Waals surface area (Å²) in [4.78, 5) is 22.3. The number of nitrogens with zero attached hydrogens (tertiary/aromatic N) is 1. The number of anilines is 1. The quantitative estimate of drug-likeness (QED) is 0.666. The zero-order valence-corrected chi connectivity index (χ0v) is 11.5. The number of carbonyl (C=O) groups is 1. The molecule has 6 nitrogen and oxygen atoms in total. The van der Waals surface area contributed by atoms with Crippen molar-refractivity contribution in [2.75, 3.05) is 5.32 Å². The minimum absolute atomic E-state index is 0.00204. The van der Waals surface area contributed by atoms with Crippen molar-refractivity contribution in [2.24, 2.45) is 5.73 Å². The number of hydrogen-bond donors (Lipinski definition) is 2. The maximum absolute atomic E-state index is 12.1. The van der Waals surface area contributed by atoms with Crippen LogP contribution in [0.15, 0.2) is 42.5 Å². The minimum Gasteiger partial charge on any atom is -0.326 e. The fourth-order valence-corrected chi connectivity index (χ4v) is 1.89. The normalized spacial score (nSPS) is 10.2. The summed E-state index contributed by atoms with van der Waals surface area (Å²) < 4.78 is 0. The number of aryl methyl sites for hydroxylation is 1. The molecule has 0 saturated carbocycles. The van der Waals surface area contributed by atoms with Gasteiger partial charge in [0.15, 0.2) is 0 Å². The fourth-order valence-electron chi connectivity index (χ4n) is 1.89. The third kappa shape index (κ3) is 3.43. The molecule has 0 heterocycles. The van der Waals surface area contributed by atoms with E-state index in [0.29, 0.717) is 23.4 Å². The Morgan fingerprint density at radius 1 is 1.24 bits per heavy atom. The molecule has 6 heteroatoms. The number of carbonyl (C=O) groups excluding carboxylic acids is 1. The number of nitrogens with one attached hydrogen (secondary N) is 1. The van der Waals surface area contributed by atoms with Crippen LogP contribution in [0.4, 0.5) is 11.4 Å². The van der Waals surface area contributed by atoms with Crippen LogP contribution in [0.1, 0.15) is 21.5 Å². The average molecular weight is 285 g/mol. The molecule has 0 fully saturated rings. The number of rotatable bonds is 4. The summed E-state index contributed by atoms with van der Waals surface area (Å²) >= 11 is 0. The summed E-state index contributed by atoms with van der Waals surface area (Å²) in [5.74, 6) is -0.268. The van der Waals surface area contributed by atoms with Crippen LogP contribution in [0.5, 0.6) is 0 Å². The van der Waals surface area contributed by atoms with Gasteiger partial charge in [-0.1, -0.05) is 12.1 Å². The lowest BCUT2D eigenvalue weighted by Crippen LogP contribution is -2.13. The molecule has 2 aromatic carbocycles. The highest BCUT2D eigenvalue weighted by Crippen LogP contribution is 2.21. The van der Waals surface area contributed by atoms with Gasteiger partial charge < -0.3 is 11.1 Å². The Bertz CT molecular complexity index is 681. The van der Waals surface area contributed by atoms with Crippen LogP contribution in [0.2, 0.25) is 0 Å². The third-order valence-corrected chi connectivity index (χ3v) is 3.12. The SMILES string of the molecule is Cc1cc([N+](=O)[O-])ccc1NC(=O)c1ccc(CN)cc1. The number of nitro groups is 1. The Kier molecular flexibility index (Phi) is 4.30. The van der Waals surface area contributed by atoms with E-state index in [0.717, 1.165) is 5.56 Å². The van der Waals surface area contributed by atoms with Crippen LogP contribution in [0, 0.1) is 17.0 Å². The molecule has 1 amide bonds. The van der Waals surface area contributed by atoms with Gasteiger partial charge in [0, 0.05) is 29.9 Å². The topological polar surface area (TPSA) is 98.3 Å². The molecule has 0 saturated heterocycles. The molecule has 0 aliphatic rings. The van der Waals surface area contributed by atoms with Gasteiger partial charge in [0.25, 0.3) is 11.6 Å². The highest BCUT2D eigenvalue weighted by Gasteiger charge is 2.11. The predicted octanol–water partition coefficient (Wildman–Crippen LogP) is 2.61. The molecule has 0 unspecified atom stereocenters. The zero-order valence-electron chi connectivity index (χ0n) is 11.5. The van der Waals surface area contributed by atoms with E-state index in [1.165, 1.54) is 18.2 Å². The lowest BCUT2D eigenvalue weighted by Gasteiger charge is -2.08. The van der Waals surface area contributed by atoms with E-state index >= 15 is 0 Å². The standard InChI is InChI=1S/C15H15N3O3/c1-10-8-13(18(20)21)6-7-14(10)17-15(19)12-4-2-11(9-16)3-5-12/h2-8H,9,16H2,1H3,(H,17,19). The molecule has 0 atom stereocenters. The van der Waals surface area contributed by atoms with Gasteiger partial charge in [0.05, 0.1) is 4.92 Å². The second-order valence-corrected chi connectivity index (χ2v) is 4.61. The van der Waals surface area contributed by atoms with Crippen molar-refractivity contribution in [3.8, 4) is 0 Å². The molecular weight excluding hydrogens is 270 g/mol. The molecule has 0 bridgehead atoms. The van der Waals surface area contributed by atoms with E-state index in [-0.39, 0.29) is 11.6 Å². The Morgan fingerprint density at radius 3 is 2.43 bits per heavy atom. The lowest BCUT2D eigenvalue weighted by molar-refractivity contribution is -0.384. The number of non-ortho nitro benzene ring substituents is 1. The first-order valence-corrected chi connectivity index (χ1v) is 6.36. The first-order valence-electron chi connectivity index (χ1n) is 6.36. The summed E-state index contributed by atoms with van der Waals surface area (Å²) in [5, 5.41) is 13.4. The lowest BCUT2D eigenvalue weighted by atomic mass is 10.1. The monoisotopic (exact) mass is 285 g/mol. The van der Waals surface area contributed by atoms with Crippen molar-refractivity contribution >= 4 is 17.3 Å². The minimum atomic E-state index is -0.468. The molecule has 2 rings (SSSR count). The Balaban J connectivity index is 2.17. The molecule has 108 valence electrons. The van der Waals surface area contributed by atoms with Crippen molar-refractivity contribution in [3.63, 3.8) is 0 Å². The maximum atomic E-state index is 12.1. The summed E-state index contributed by atoms with van der Waals surface area (Å²) in [7, 11) is 0. The second kappa shape index (κ2) is 6.15. The van der Waals surface area contributed by atoms with E-state index in [4.69, 9.17) is 5.73 Å². The smallest absolute Gasteiger partial charge is 0.269 e. The molecule has 0 radical (unpaired) electrons. The third-order valence-electron chi connectivity index (χ3n) is 3.12. The van der Waals surface area contributed by atoms with Gasteiger partial charge in [-0.2, -0.15) is 0 Å². The summed E-state index contributed by atoms with van der Waals surface area (Å²) in [6.45, 7) is 2.13. The van der Waals surface area contributed by atoms with Crippen LogP contribution < -0.4 is 11.1 Å². The van der Waals surface area contributed by atoms with Crippen molar-refractivity contribution in [1.29, 1.82) is 0 Å². The molecule has 3 N–H and O–H groups in total. The van der Waals surface area contributed by atoms with E-state index in [2.05, 4.69) is 5.32 Å². The first kappa shape index (κ1) is 14.7. The Morgan fingerprint density at radius 2 is 1.90 bits per heavy atom. The summed E-state index contributed by atoms with van der Waals surface area (Å²) in [6, 6.07) is 11.3. The van der Waals surface area contributed by atoms with E-state index in [1.807, 2.05) is 0 Å². The van der Waals surface area contributed by atoms with E-state index < -0.39 is 4.92 Å². The van der Waals surface area contributed by atoms with Crippen LogP contribution in [-0.4, -0.2) is 10.8 Å². The fraction of sp³-hybridized carbons (Fsp3) is 0.133. The number of benzene rings is 2. The molecule has 21 heavy (non-hydrogen) atoms. The average Bonchev–Trinajstić information content (AvgIpc) is 2.49. The van der Waals surface area contributed by atoms with Crippen molar-refractivity contribution in [3.05, 3.63) is 69.3 Å². The maximum Gasteiger partial charge on any atom is 0.269 e. The largest absolute Gasteiger partial charge is 0.326 e. The highest BCUT2D eigenvalue weighted by atomic mass is 16.6. The first-order chi connectivity index (χ1) is 10.0. The molecule has 2 aromatic rings. The predicted molar refractivity (Wildman–Crippen MR) is 80.1 cm³/mol. The number of nitro benzene ring substituents is 1. The Hall–Kier alpha value is -2.73. The number of nitrogens with two attached hydrogens (primary N) is 1. The number of hydrogen-bond acceptors (Lipinski definition) is 4. The van der Waals surface area contributed by atoms with Crippen molar-refractivity contribution in [1.82, 2.24) is 0 Å². The van der Waals surface area contributed by atoms with Crippen LogP contribution in [0.25, 0.3) is 0 Å². The highest BCUT2D eigenvalue weighted by molar-refractivity contribution is 6.04. The zero-order chi connectivity index (χ0) is 15.4. The van der Waals surface area contributed by atoms with Gasteiger partial charge in [-0.25, -0.2) is 0 Å². The van der Waals surface area contributed by atoms with Gasteiger partial charge in [-0.3, -0.25) is 14.9 Å². The number of amides is 1. The summed E-state index contributed by atoms with van der Waals surface area (Å²) in [5.41, 5.74) is 8.13. The van der Waals surface area contributed by atoms with Crippen molar-refractivity contribution < 1.29 is 9.72 Å². The second-order valence-electron chi connectivity index (χ2n) is 4.61. The Labute approximate surface area is 121 Å². The van der Waals surface area contributed by atoms with Gasteiger partial charge in [-0.05, 0) is 36.2 Å². The van der Waals surface area contributed by atoms with Crippen LogP contribution >= 0.6 is 0 Å². The van der Waals surface area contributed by atoms with Crippen molar-refractivity contribution in [2.45, 2.75) is 13.5 Å². The van der Waals surface area contributed by atoms with Gasteiger partial charge >= 0.3 is 0 Å². The molecular formula is C15H15N3O3. The van der Waals surface area contributed by atoms with Gasteiger partial charge in [0.2, 0.25) is 0 Å². The van der Waals surface area contributed by atoms with Gasteiger partial charge in [-0.15, -0.1) is 0 Å². The molecule has 0 aliphatic carbocycles. The summed E-state index contributed by atoms with van der Waals surface area (Å²) in [6.07, 6.45) is 0. The van der Waals surface area contributed by atoms with Crippen LogP contribution in [0.3, 0.4) is 0 Å². The molecule has 0 aromatic heterocycles. The molecule has 0 spiro atoms. The van der Waals surface area contributed by atoms with E-state index in [9.17, 15) is 14.9 Å². The van der Waals surface area contributed by atoms with Crippen LogP contribution in [-0.2, 0) is 6.54 Å². The molecule has 0 aliphatic heterocycles.